The molecule has 1 saturated heterocycles. The van der Waals surface area contributed by atoms with Gasteiger partial charge in [0.15, 0.2) is 17.3 Å². The van der Waals surface area contributed by atoms with Gasteiger partial charge < -0.3 is 9.64 Å². The van der Waals surface area contributed by atoms with E-state index < -0.39 is 29.2 Å². The maximum atomic E-state index is 14.7. The minimum absolute atomic E-state index is 0.284. The zero-order valence-electron chi connectivity index (χ0n) is 21.9. The first kappa shape index (κ1) is 25.4. The monoisotopic (exact) mass is 563 g/mol. The molecule has 0 aromatic heterocycles. The van der Waals surface area contributed by atoms with E-state index in [1.165, 1.54) is 19.2 Å². The van der Waals surface area contributed by atoms with Crippen molar-refractivity contribution >= 4 is 40.7 Å². The third-order valence-corrected chi connectivity index (χ3v) is 8.87. The Morgan fingerprint density at radius 1 is 0.902 bits per heavy atom. The van der Waals surface area contributed by atoms with Crippen LogP contribution in [0.3, 0.4) is 0 Å². The molecule has 5 nitrogen and oxygen atoms in total. The number of anilines is 1. The molecule has 4 aromatic rings. The lowest BCUT2D eigenvalue weighted by molar-refractivity contribution is 0.0666. The zero-order chi connectivity index (χ0) is 28.5. The number of carbonyl (C=O) groups excluding carboxylic acids is 3. The number of methoxy groups -OCH3 is 1. The number of hydrogen-bond acceptors (Lipinski definition) is 5. The van der Waals surface area contributed by atoms with E-state index in [1.54, 1.807) is 91.0 Å². The fourth-order valence-corrected chi connectivity index (χ4v) is 7.06. The minimum atomic E-state index is -1.64. The first-order valence-electron chi connectivity index (χ1n) is 13.2. The normalized spacial score (nSPS) is 21.5. The van der Waals surface area contributed by atoms with Crippen LogP contribution in [-0.4, -0.2) is 36.5 Å². The molecule has 202 valence electrons. The average Bonchev–Trinajstić information content (AvgIpc) is 3.43. The Balaban J connectivity index is 1.54. The van der Waals surface area contributed by atoms with Gasteiger partial charge in [0.1, 0.15) is 23.0 Å². The summed E-state index contributed by atoms with van der Waals surface area (Å²) >= 11 is 6.26. The second kappa shape index (κ2) is 9.25. The van der Waals surface area contributed by atoms with Gasteiger partial charge in [-0.15, -0.1) is 0 Å². The van der Waals surface area contributed by atoms with E-state index in [0.29, 0.717) is 44.3 Å². The molecule has 2 heterocycles. The van der Waals surface area contributed by atoms with Crippen LogP contribution in [0.15, 0.2) is 97.1 Å². The number of halogens is 2. The Morgan fingerprint density at radius 2 is 1.61 bits per heavy atom. The molecular weight excluding hydrogens is 541 g/mol. The van der Waals surface area contributed by atoms with Crippen molar-refractivity contribution in [3.8, 4) is 5.75 Å². The molecule has 7 rings (SSSR count). The van der Waals surface area contributed by atoms with Crippen molar-refractivity contribution in [3.05, 3.63) is 136 Å². The summed E-state index contributed by atoms with van der Waals surface area (Å²) in [6.45, 7) is 0. The smallest absolute Gasteiger partial charge is 0.186 e. The van der Waals surface area contributed by atoms with Gasteiger partial charge >= 0.3 is 0 Å². The largest absolute Gasteiger partial charge is 0.497 e. The van der Waals surface area contributed by atoms with E-state index >= 15 is 0 Å². The standard InChI is InChI=1S/C34H23ClFNO4/c1-41-24-6-4-5-21(18-24)31(38)30-29(19-9-12-22(35)13-10-19)34(32(39)25-7-2-3-8-26(25)33(34)40)28-16-11-20-17-23(36)14-15-27(20)37(28)30/h2-18,28-30H,1H3/t28-,29-,30-/m0/s1. The van der Waals surface area contributed by atoms with E-state index in [0.717, 1.165) is 0 Å². The van der Waals surface area contributed by atoms with Crippen LogP contribution < -0.4 is 9.64 Å². The Hall–Kier alpha value is -4.55. The molecule has 1 spiro atoms. The van der Waals surface area contributed by atoms with Crippen LogP contribution in [0.1, 0.15) is 48.1 Å². The number of ketones is 3. The summed E-state index contributed by atoms with van der Waals surface area (Å²) in [6.07, 6.45) is 3.51. The number of benzene rings is 4. The van der Waals surface area contributed by atoms with Gasteiger partial charge in [-0.05, 0) is 48.0 Å². The zero-order valence-corrected chi connectivity index (χ0v) is 22.6. The van der Waals surface area contributed by atoms with Crippen molar-refractivity contribution < 1.29 is 23.5 Å². The second-order valence-electron chi connectivity index (χ2n) is 10.6. The molecular formula is C34H23ClFNO4. The Morgan fingerprint density at radius 3 is 2.29 bits per heavy atom. The first-order valence-corrected chi connectivity index (χ1v) is 13.6. The summed E-state index contributed by atoms with van der Waals surface area (Å²) in [4.78, 5) is 45.7. The Kier molecular flexibility index (Phi) is 5.73. The average molecular weight is 564 g/mol. The molecule has 0 bridgehead atoms. The lowest BCUT2D eigenvalue weighted by atomic mass is 9.64. The Bertz CT molecular complexity index is 1760. The molecule has 0 amide bonds. The van der Waals surface area contributed by atoms with Gasteiger partial charge in [0, 0.05) is 38.9 Å². The predicted molar refractivity (Wildman–Crippen MR) is 155 cm³/mol. The van der Waals surface area contributed by atoms with Crippen LogP contribution >= 0.6 is 11.6 Å². The first-order chi connectivity index (χ1) is 19.9. The van der Waals surface area contributed by atoms with Crippen LogP contribution in [0.2, 0.25) is 5.02 Å². The summed E-state index contributed by atoms with van der Waals surface area (Å²) in [7, 11) is 1.52. The molecule has 41 heavy (non-hydrogen) atoms. The van der Waals surface area contributed by atoms with Crippen molar-refractivity contribution in [2.75, 3.05) is 12.0 Å². The van der Waals surface area contributed by atoms with Crippen LogP contribution in [0.25, 0.3) is 6.08 Å². The molecule has 1 fully saturated rings. The van der Waals surface area contributed by atoms with E-state index in [-0.39, 0.29) is 17.3 Å². The number of hydrogen-bond donors (Lipinski definition) is 0. The molecule has 2 aliphatic heterocycles. The second-order valence-corrected chi connectivity index (χ2v) is 11.0. The van der Waals surface area contributed by atoms with Gasteiger partial charge in [0.05, 0.1) is 13.2 Å². The fraction of sp³-hybridized carbons (Fsp3) is 0.147. The van der Waals surface area contributed by atoms with Crippen molar-refractivity contribution in [2.24, 2.45) is 5.41 Å². The van der Waals surface area contributed by atoms with Crippen molar-refractivity contribution in [1.29, 1.82) is 0 Å². The molecule has 3 aliphatic rings. The maximum Gasteiger partial charge on any atom is 0.186 e. The van der Waals surface area contributed by atoms with Crippen molar-refractivity contribution in [1.82, 2.24) is 0 Å². The summed E-state index contributed by atoms with van der Waals surface area (Å²) in [5.41, 5.74) is 1.18. The minimum Gasteiger partial charge on any atom is -0.497 e. The fourth-order valence-electron chi connectivity index (χ4n) is 6.94. The highest BCUT2D eigenvalue weighted by atomic mass is 35.5. The molecule has 7 heteroatoms. The van der Waals surface area contributed by atoms with E-state index in [1.807, 2.05) is 4.90 Å². The van der Waals surface area contributed by atoms with Crippen molar-refractivity contribution in [3.63, 3.8) is 0 Å². The van der Waals surface area contributed by atoms with Gasteiger partial charge in [-0.3, -0.25) is 14.4 Å². The number of carbonyl (C=O) groups is 3. The van der Waals surface area contributed by atoms with Crippen LogP contribution in [0.4, 0.5) is 10.1 Å². The summed E-state index contributed by atoms with van der Waals surface area (Å²) in [6, 6.07) is 23.1. The van der Waals surface area contributed by atoms with Crippen LogP contribution in [0.5, 0.6) is 5.75 Å². The SMILES string of the molecule is COc1cccc(C(=O)[C@@H]2[C@H](c3ccc(Cl)cc3)C3(C(=O)c4ccccc4C3=O)[C@@H]3C=Cc4cc(F)ccc4N23)c1. The Labute approximate surface area is 240 Å². The molecule has 3 atom stereocenters. The number of nitrogens with zero attached hydrogens (tertiary/aromatic N) is 1. The lowest BCUT2D eigenvalue weighted by Gasteiger charge is -2.37. The molecule has 0 saturated carbocycles. The number of ether oxygens (including phenoxy) is 1. The molecule has 1 aliphatic carbocycles. The van der Waals surface area contributed by atoms with E-state index in [2.05, 4.69) is 0 Å². The predicted octanol–water partition coefficient (Wildman–Crippen LogP) is 6.80. The van der Waals surface area contributed by atoms with Crippen LogP contribution in [-0.2, 0) is 0 Å². The third kappa shape index (κ3) is 3.50. The topological polar surface area (TPSA) is 63.7 Å². The van der Waals surface area contributed by atoms with E-state index in [4.69, 9.17) is 16.3 Å². The third-order valence-electron chi connectivity index (χ3n) is 8.62. The van der Waals surface area contributed by atoms with Crippen LogP contribution in [0, 0.1) is 11.2 Å². The van der Waals surface area contributed by atoms with Gasteiger partial charge in [0.2, 0.25) is 0 Å². The van der Waals surface area contributed by atoms with Crippen molar-refractivity contribution in [2.45, 2.75) is 18.0 Å². The van der Waals surface area contributed by atoms with Gasteiger partial charge in [-0.25, -0.2) is 4.39 Å². The maximum absolute atomic E-state index is 14.7. The quantitative estimate of drug-likeness (QED) is 0.202. The highest BCUT2D eigenvalue weighted by Crippen LogP contribution is 2.61. The van der Waals surface area contributed by atoms with Gasteiger partial charge in [0.25, 0.3) is 0 Å². The highest BCUT2D eigenvalue weighted by Gasteiger charge is 2.71. The van der Waals surface area contributed by atoms with Gasteiger partial charge in [-0.2, -0.15) is 0 Å². The lowest BCUT2D eigenvalue weighted by Crippen LogP contribution is -2.48. The number of rotatable bonds is 4. The molecule has 0 N–H and O–H groups in total. The summed E-state index contributed by atoms with van der Waals surface area (Å²) in [5.74, 6) is -1.74. The molecule has 4 aromatic carbocycles. The molecule has 0 radical (unpaired) electrons. The summed E-state index contributed by atoms with van der Waals surface area (Å²) in [5, 5.41) is 0.488. The molecule has 0 unspecified atom stereocenters. The summed E-state index contributed by atoms with van der Waals surface area (Å²) < 4.78 is 19.8. The van der Waals surface area contributed by atoms with E-state index in [9.17, 15) is 18.8 Å². The number of fused-ring (bicyclic) bond motifs is 5. The highest BCUT2D eigenvalue weighted by molar-refractivity contribution is 6.32. The number of Topliss-reactive ketones (excluding diaryl/α,β-unsaturated/α-hetero) is 3. The van der Waals surface area contributed by atoms with Gasteiger partial charge in [-0.1, -0.05) is 72.3 Å².